The van der Waals surface area contributed by atoms with Gasteiger partial charge >= 0.3 is 24.6 Å². The van der Waals surface area contributed by atoms with Gasteiger partial charge in [-0.25, -0.2) is 4.79 Å². The fourth-order valence-electron chi connectivity index (χ4n) is 4.36. The Balaban J connectivity index is 1.73. The normalized spacial score (nSPS) is 23.3. The number of hydrogen-bond donors (Lipinski definition) is 0. The summed E-state index contributed by atoms with van der Waals surface area (Å²) in [6, 6.07) is 1.93. The molecule has 0 aromatic heterocycles. The van der Waals surface area contributed by atoms with Crippen LogP contribution in [0.5, 0.6) is 0 Å². The molecule has 0 saturated carbocycles. The molecule has 1 amide bonds. The lowest BCUT2D eigenvalue weighted by atomic mass is 9.96. The van der Waals surface area contributed by atoms with Crippen molar-refractivity contribution in [3.63, 3.8) is 0 Å². The van der Waals surface area contributed by atoms with Crippen LogP contribution in [0.4, 0.5) is 44.3 Å². The highest BCUT2D eigenvalue weighted by Crippen LogP contribution is 2.50. The zero-order valence-electron chi connectivity index (χ0n) is 16.7. The van der Waals surface area contributed by atoms with Crippen LogP contribution >= 0.6 is 15.9 Å². The van der Waals surface area contributed by atoms with Gasteiger partial charge in [0, 0.05) is 4.47 Å². The average molecular weight is 562 g/mol. The Morgan fingerprint density at radius 2 is 1.35 bits per heavy atom. The number of nitrogens with zero attached hydrogens (tertiary/aromatic N) is 1. The summed E-state index contributed by atoms with van der Waals surface area (Å²) in [5, 5.41) is 0. The lowest BCUT2D eigenvalue weighted by Crippen LogP contribution is -2.31. The van der Waals surface area contributed by atoms with Crippen molar-refractivity contribution in [1.29, 1.82) is 0 Å². The zero-order valence-corrected chi connectivity index (χ0v) is 18.2. The van der Waals surface area contributed by atoms with Crippen molar-refractivity contribution >= 4 is 22.0 Å². The Bertz CT molecular complexity index is 1090. The maximum atomic E-state index is 13.2. The fraction of sp³-hybridized carbons (Fsp3) is 0.381. The molecule has 2 aromatic carbocycles. The SMILES string of the molecule is O=C1OC(c2cc(C(F)(F)F)cc(C(F)(F)F)c2)[C@@H]2CC[C@@H](c3cc(C(F)(F)F)ccc3Br)N12. The number of rotatable bonds is 2. The molecule has 2 aliphatic rings. The second kappa shape index (κ2) is 8.06. The lowest BCUT2D eigenvalue weighted by Gasteiger charge is -2.24. The average Bonchev–Trinajstić information content (AvgIpc) is 3.27. The smallest absolute Gasteiger partial charge is 0.416 e. The number of fused-ring (bicyclic) bond motifs is 1. The topological polar surface area (TPSA) is 29.5 Å². The third kappa shape index (κ3) is 4.46. The molecule has 0 N–H and O–H groups in total. The van der Waals surface area contributed by atoms with Crippen molar-refractivity contribution in [2.75, 3.05) is 0 Å². The molecule has 0 bridgehead atoms. The van der Waals surface area contributed by atoms with Gasteiger partial charge in [-0.3, -0.25) is 4.90 Å². The van der Waals surface area contributed by atoms with Gasteiger partial charge in [0.25, 0.3) is 0 Å². The Hall–Kier alpha value is -2.44. The van der Waals surface area contributed by atoms with Gasteiger partial charge in [0.05, 0.1) is 28.8 Å². The monoisotopic (exact) mass is 561 g/mol. The summed E-state index contributed by atoms with van der Waals surface area (Å²) in [6.07, 6.45) is -17.1. The van der Waals surface area contributed by atoms with Crippen LogP contribution in [0.15, 0.2) is 40.9 Å². The quantitative estimate of drug-likeness (QED) is 0.349. The minimum atomic E-state index is -5.08. The minimum Gasteiger partial charge on any atom is -0.439 e. The molecule has 2 heterocycles. The molecule has 2 aliphatic heterocycles. The van der Waals surface area contributed by atoms with E-state index in [-0.39, 0.29) is 28.9 Å². The van der Waals surface area contributed by atoms with Crippen molar-refractivity contribution in [2.45, 2.75) is 49.6 Å². The maximum Gasteiger partial charge on any atom is 0.416 e. The predicted molar refractivity (Wildman–Crippen MR) is 102 cm³/mol. The summed E-state index contributed by atoms with van der Waals surface area (Å²) >= 11 is 3.15. The number of alkyl halides is 9. The van der Waals surface area contributed by atoms with Gasteiger partial charge in [0.15, 0.2) is 0 Å². The zero-order chi connectivity index (χ0) is 25.2. The molecule has 184 valence electrons. The number of carbonyl (C=O) groups is 1. The molecule has 0 spiro atoms. The van der Waals surface area contributed by atoms with Crippen LogP contribution < -0.4 is 0 Å². The van der Waals surface area contributed by atoms with Crippen molar-refractivity contribution in [3.05, 3.63) is 68.7 Å². The first-order valence-electron chi connectivity index (χ1n) is 9.72. The van der Waals surface area contributed by atoms with Gasteiger partial charge in [-0.2, -0.15) is 39.5 Å². The van der Waals surface area contributed by atoms with Gasteiger partial charge in [-0.05, 0) is 60.4 Å². The van der Waals surface area contributed by atoms with Crippen LogP contribution in [0.1, 0.15) is 52.8 Å². The second-order valence-corrected chi connectivity index (χ2v) is 8.80. The maximum absolute atomic E-state index is 13.2. The molecule has 13 heteroatoms. The van der Waals surface area contributed by atoms with Gasteiger partial charge in [0.1, 0.15) is 6.10 Å². The van der Waals surface area contributed by atoms with E-state index in [4.69, 9.17) is 4.74 Å². The third-order valence-electron chi connectivity index (χ3n) is 5.84. The molecule has 2 saturated heterocycles. The van der Waals surface area contributed by atoms with Crippen LogP contribution in [0.25, 0.3) is 0 Å². The lowest BCUT2D eigenvalue weighted by molar-refractivity contribution is -0.143. The van der Waals surface area contributed by atoms with E-state index in [0.717, 1.165) is 23.1 Å². The van der Waals surface area contributed by atoms with Gasteiger partial charge in [0.2, 0.25) is 0 Å². The molecular formula is C21H13BrF9NO2. The Kier molecular flexibility index (Phi) is 5.85. The summed E-state index contributed by atoms with van der Waals surface area (Å²) in [6.45, 7) is 0. The van der Waals surface area contributed by atoms with E-state index in [0.29, 0.717) is 12.1 Å². The van der Waals surface area contributed by atoms with E-state index >= 15 is 0 Å². The Morgan fingerprint density at radius 3 is 1.88 bits per heavy atom. The van der Waals surface area contributed by atoms with E-state index in [2.05, 4.69) is 15.9 Å². The molecule has 4 rings (SSSR count). The largest absolute Gasteiger partial charge is 0.439 e. The van der Waals surface area contributed by atoms with E-state index in [1.807, 2.05) is 0 Å². The highest BCUT2D eigenvalue weighted by atomic mass is 79.9. The van der Waals surface area contributed by atoms with Crippen LogP contribution in [-0.2, 0) is 23.3 Å². The number of carbonyl (C=O) groups excluding carboxylic acids is 1. The molecule has 3 atom stereocenters. The van der Waals surface area contributed by atoms with Crippen molar-refractivity contribution in [2.24, 2.45) is 0 Å². The summed E-state index contributed by atoms with van der Waals surface area (Å²) in [5.41, 5.74) is -4.46. The van der Waals surface area contributed by atoms with E-state index in [9.17, 15) is 44.3 Å². The standard InChI is InChI=1S/C21H13BrF9NO2/c22-14-2-1-10(19(23,24)25)8-13(14)15-3-4-16-17(34-18(33)32(15)16)9-5-11(20(26,27)28)7-12(6-9)21(29,30)31/h1-2,5-8,15-17H,3-4H2/t15-,16-,17?/m0/s1. The number of cyclic esters (lactones) is 1. The summed E-state index contributed by atoms with van der Waals surface area (Å²) < 4.78 is 124. The summed E-state index contributed by atoms with van der Waals surface area (Å²) in [5.74, 6) is 0. The fourth-order valence-corrected chi connectivity index (χ4v) is 4.87. The Morgan fingerprint density at radius 1 is 0.794 bits per heavy atom. The highest BCUT2D eigenvalue weighted by molar-refractivity contribution is 9.10. The molecule has 2 fully saturated rings. The molecule has 0 radical (unpaired) electrons. The van der Waals surface area contributed by atoms with Gasteiger partial charge < -0.3 is 4.74 Å². The van der Waals surface area contributed by atoms with Gasteiger partial charge in [-0.1, -0.05) is 15.9 Å². The van der Waals surface area contributed by atoms with Gasteiger partial charge in [-0.15, -0.1) is 0 Å². The molecule has 1 unspecified atom stereocenters. The van der Waals surface area contributed by atoms with E-state index < -0.39 is 65.1 Å². The first-order chi connectivity index (χ1) is 15.6. The molecule has 2 aromatic rings. The third-order valence-corrected chi connectivity index (χ3v) is 6.56. The minimum absolute atomic E-state index is 0.0325. The van der Waals surface area contributed by atoms with Crippen molar-refractivity contribution in [3.8, 4) is 0 Å². The number of hydrogen-bond acceptors (Lipinski definition) is 2. The molecular weight excluding hydrogens is 549 g/mol. The number of halogens is 10. The first kappa shape index (κ1) is 24.7. The second-order valence-electron chi connectivity index (χ2n) is 7.95. The summed E-state index contributed by atoms with van der Waals surface area (Å²) in [7, 11) is 0. The van der Waals surface area contributed by atoms with Crippen LogP contribution in [0.2, 0.25) is 0 Å². The van der Waals surface area contributed by atoms with Crippen LogP contribution in [0.3, 0.4) is 0 Å². The number of amides is 1. The molecule has 3 nitrogen and oxygen atoms in total. The van der Waals surface area contributed by atoms with Crippen LogP contribution in [0, 0.1) is 0 Å². The predicted octanol–water partition coefficient (Wildman–Crippen LogP) is 7.90. The van der Waals surface area contributed by atoms with E-state index in [1.165, 1.54) is 0 Å². The number of ether oxygens (including phenoxy) is 1. The van der Waals surface area contributed by atoms with Crippen molar-refractivity contribution < 1.29 is 49.0 Å². The summed E-state index contributed by atoms with van der Waals surface area (Å²) in [4.78, 5) is 13.7. The Labute approximate surface area is 194 Å². The number of benzene rings is 2. The van der Waals surface area contributed by atoms with Crippen molar-refractivity contribution in [1.82, 2.24) is 4.90 Å². The first-order valence-corrected chi connectivity index (χ1v) is 10.5. The van der Waals surface area contributed by atoms with E-state index in [1.54, 1.807) is 0 Å². The highest BCUT2D eigenvalue weighted by Gasteiger charge is 2.51. The molecule has 34 heavy (non-hydrogen) atoms. The van der Waals surface area contributed by atoms with Crippen LogP contribution in [-0.4, -0.2) is 17.0 Å². The molecule has 0 aliphatic carbocycles.